The summed E-state index contributed by atoms with van der Waals surface area (Å²) in [4.78, 5) is 27.0. The van der Waals surface area contributed by atoms with E-state index in [0.29, 0.717) is 32.7 Å². The smallest absolute Gasteiger partial charge is 0.317 e. The van der Waals surface area contributed by atoms with E-state index in [9.17, 15) is 9.59 Å². The Balaban J connectivity index is 1.88. The lowest BCUT2D eigenvalue weighted by molar-refractivity contribution is -0.142. The predicted octanol–water partition coefficient (Wildman–Crippen LogP) is 1.43. The van der Waals surface area contributed by atoms with Crippen LogP contribution in [0.5, 0.6) is 5.75 Å². The van der Waals surface area contributed by atoms with Crippen molar-refractivity contribution in [1.82, 2.24) is 9.80 Å². The number of benzene rings is 1. The van der Waals surface area contributed by atoms with Gasteiger partial charge in [0, 0.05) is 26.1 Å². The second-order valence-corrected chi connectivity index (χ2v) is 6.80. The molecule has 1 aliphatic rings. The highest BCUT2D eigenvalue weighted by Crippen LogP contribution is 2.24. The Labute approximate surface area is 154 Å². The van der Waals surface area contributed by atoms with Crippen molar-refractivity contribution in [3.05, 3.63) is 29.8 Å². The summed E-state index contributed by atoms with van der Waals surface area (Å²) in [5.74, 6) is 0.0983. The largest absolute Gasteiger partial charge is 0.497 e. The first-order valence-electron chi connectivity index (χ1n) is 8.82. The van der Waals surface area contributed by atoms with Gasteiger partial charge >= 0.3 is 5.97 Å². The van der Waals surface area contributed by atoms with Gasteiger partial charge < -0.3 is 19.5 Å². The molecule has 1 heterocycles. The molecule has 0 aromatic heterocycles. The average molecular weight is 364 g/mol. The Morgan fingerprint density at radius 1 is 1.46 bits per heavy atom. The van der Waals surface area contributed by atoms with Gasteiger partial charge in [0.1, 0.15) is 5.75 Å². The van der Waals surface area contributed by atoms with Crippen molar-refractivity contribution in [1.29, 1.82) is 0 Å². The summed E-state index contributed by atoms with van der Waals surface area (Å²) < 4.78 is 10.9. The van der Waals surface area contributed by atoms with Crippen LogP contribution < -0.4 is 4.74 Å². The van der Waals surface area contributed by atoms with Crippen molar-refractivity contribution in [2.75, 3.05) is 46.9 Å². The van der Waals surface area contributed by atoms with E-state index in [-0.39, 0.29) is 24.5 Å². The van der Waals surface area contributed by atoms with Crippen LogP contribution in [0.3, 0.4) is 0 Å². The molecule has 0 radical (unpaired) electrons. The lowest BCUT2D eigenvalue weighted by Gasteiger charge is -2.35. The van der Waals surface area contributed by atoms with Gasteiger partial charge in [0.25, 0.3) is 0 Å². The van der Waals surface area contributed by atoms with Crippen molar-refractivity contribution in [2.45, 2.75) is 25.4 Å². The number of rotatable bonds is 8. The number of morpholine rings is 1. The lowest BCUT2D eigenvalue weighted by Crippen LogP contribution is -2.49. The third-order valence-electron chi connectivity index (χ3n) is 4.56. The van der Waals surface area contributed by atoms with Crippen molar-refractivity contribution < 1.29 is 24.2 Å². The quantitative estimate of drug-likeness (QED) is 0.752. The van der Waals surface area contributed by atoms with Crippen LogP contribution in [0.4, 0.5) is 0 Å². The number of carboxylic acid groups (broad SMARTS) is 1. The molecule has 1 fully saturated rings. The topological polar surface area (TPSA) is 79.3 Å². The van der Waals surface area contributed by atoms with E-state index in [1.807, 2.05) is 36.1 Å². The number of likely N-dealkylation sites (N-methyl/N-ethyl adjacent to an activating group) is 1. The maximum atomic E-state index is 12.7. The predicted molar refractivity (Wildman–Crippen MR) is 97.5 cm³/mol. The van der Waals surface area contributed by atoms with Crippen LogP contribution in [0.1, 0.15) is 24.8 Å². The second-order valence-electron chi connectivity index (χ2n) is 6.80. The third-order valence-corrected chi connectivity index (χ3v) is 4.56. The molecule has 0 unspecified atom stereocenters. The van der Waals surface area contributed by atoms with Gasteiger partial charge in [-0.25, -0.2) is 0 Å². The summed E-state index contributed by atoms with van der Waals surface area (Å²) in [6, 6.07) is 7.78. The standard InChI is InChI=1S/C19H28N2O5/c1-14(15-5-4-6-16(10-15)25-3)9-18(22)21-7-8-26-17(12-21)11-20(2)13-19(23)24/h4-6,10,14,17H,7-9,11-13H2,1-3H3,(H,23,24)/t14-,17-/m0/s1. The van der Waals surface area contributed by atoms with Crippen LogP contribution in [0.2, 0.25) is 0 Å². The zero-order chi connectivity index (χ0) is 19.1. The van der Waals surface area contributed by atoms with Gasteiger partial charge in [0.15, 0.2) is 0 Å². The Morgan fingerprint density at radius 2 is 2.23 bits per heavy atom. The number of carboxylic acids is 1. The normalized spacial score (nSPS) is 18.6. The van der Waals surface area contributed by atoms with E-state index in [1.165, 1.54) is 0 Å². The van der Waals surface area contributed by atoms with E-state index in [2.05, 4.69) is 0 Å². The molecular weight excluding hydrogens is 336 g/mol. The zero-order valence-electron chi connectivity index (χ0n) is 15.7. The van der Waals surface area contributed by atoms with Crippen molar-refractivity contribution in [2.24, 2.45) is 0 Å². The van der Waals surface area contributed by atoms with Crippen LogP contribution in [0, 0.1) is 0 Å². The number of ether oxygens (including phenoxy) is 2. The minimum Gasteiger partial charge on any atom is -0.497 e. The summed E-state index contributed by atoms with van der Waals surface area (Å²) in [7, 11) is 3.37. The summed E-state index contributed by atoms with van der Waals surface area (Å²) in [5.41, 5.74) is 1.07. The first-order valence-corrected chi connectivity index (χ1v) is 8.82. The fourth-order valence-electron chi connectivity index (χ4n) is 3.16. The molecule has 1 aliphatic heterocycles. The molecule has 7 nitrogen and oxygen atoms in total. The molecule has 2 rings (SSSR count). The van der Waals surface area contributed by atoms with Gasteiger partial charge in [0.2, 0.25) is 5.91 Å². The van der Waals surface area contributed by atoms with Crippen molar-refractivity contribution in [3.8, 4) is 5.75 Å². The van der Waals surface area contributed by atoms with Crippen molar-refractivity contribution >= 4 is 11.9 Å². The van der Waals surface area contributed by atoms with Gasteiger partial charge in [0.05, 0.1) is 26.4 Å². The molecule has 1 amide bonds. The van der Waals surface area contributed by atoms with E-state index in [4.69, 9.17) is 14.6 Å². The molecule has 0 bridgehead atoms. The maximum Gasteiger partial charge on any atom is 0.317 e. The fraction of sp³-hybridized carbons (Fsp3) is 0.579. The molecule has 7 heteroatoms. The molecule has 0 saturated carbocycles. The molecular formula is C19H28N2O5. The van der Waals surface area contributed by atoms with Crippen LogP contribution in [-0.4, -0.2) is 79.8 Å². The molecule has 1 N–H and O–H groups in total. The molecule has 0 spiro atoms. The van der Waals surface area contributed by atoms with Gasteiger partial charge in [-0.1, -0.05) is 19.1 Å². The molecule has 1 saturated heterocycles. The SMILES string of the molecule is COc1cccc([C@@H](C)CC(=O)N2CCO[C@@H](CN(C)CC(=O)O)C2)c1. The number of aliphatic carboxylic acids is 1. The van der Waals surface area contributed by atoms with Crippen LogP contribution in [0.25, 0.3) is 0 Å². The van der Waals surface area contributed by atoms with Crippen LogP contribution in [-0.2, 0) is 14.3 Å². The Morgan fingerprint density at radius 3 is 2.92 bits per heavy atom. The first kappa shape index (κ1) is 20.2. The number of hydrogen-bond donors (Lipinski definition) is 1. The number of carbonyl (C=O) groups is 2. The Kier molecular flexibility index (Phi) is 7.41. The average Bonchev–Trinajstić information content (AvgIpc) is 2.61. The number of carbonyl (C=O) groups excluding carboxylic acids is 1. The lowest BCUT2D eigenvalue weighted by atomic mass is 9.97. The Hall–Kier alpha value is -2.12. The summed E-state index contributed by atoms with van der Waals surface area (Å²) in [5, 5.41) is 8.84. The maximum absolute atomic E-state index is 12.7. The molecule has 1 aromatic carbocycles. The number of hydrogen-bond acceptors (Lipinski definition) is 5. The molecule has 144 valence electrons. The third kappa shape index (κ3) is 6.00. The molecule has 1 aromatic rings. The highest BCUT2D eigenvalue weighted by atomic mass is 16.5. The highest BCUT2D eigenvalue weighted by Gasteiger charge is 2.26. The molecule has 26 heavy (non-hydrogen) atoms. The minimum atomic E-state index is -0.872. The van der Waals surface area contributed by atoms with Gasteiger partial charge in [-0.3, -0.25) is 14.5 Å². The monoisotopic (exact) mass is 364 g/mol. The van der Waals surface area contributed by atoms with E-state index in [1.54, 1.807) is 19.1 Å². The second kappa shape index (κ2) is 9.54. The van der Waals surface area contributed by atoms with Gasteiger partial charge in [-0.05, 0) is 30.7 Å². The molecule has 2 atom stereocenters. The number of nitrogens with zero attached hydrogens (tertiary/aromatic N) is 2. The van der Waals surface area contributed by atoms with E-state index < -0.39 is 5.97 Å². The van der Waals surface area contributed by atoms with E-state index >= 15 is 0 Å². The first-order chi connectivity index (χ1) is 12.4. The Bertz CT molecular complexity index is 622. The van der Waals surface area contributed by atoms with Gasteiger partial charge in [-0.2, -0.15) is 0 Å². The van der Waals surface area contributed by atoms with Crippen LogP contribution in [0.15, 0.2) is 24.3 Å². The fourth-order valence-corrected chi connectivity index (χ4v) is 3.16. The highest BCUT2D eigenvalue weighted by molar-refractivity contribution is 5.77. The summed E-state index contributed by atoms with van der Waals surface area (Å²) in [6.45, 7) is 4.02. The summed E-state index contributed by atoms with van der Waals surface area (Å²) in [6.07, 6.45) is 0.259. The summed E-state index contributed by atoms with van der Waals surface area (Å²) >= 11 is 0. The van der Waals surface area contributed by atoms with Crippen molar-refractivity contribution in [3.63, 3.8) is 0 Å². The minimum absolute atomic E-state index is 0.0410. The van der Waals surface area contributed by atoms with Gasteiger partial charge in [-0.15, -0.1) is 0 Å². The molecule has 0 aliphatic carbocycles. The van der Waals surface area contributed by atoms with Crippen LogP contribution >= 0.6 is 0 Å². The van der Waals surface area contributed by atoms with E-state index in [0.717, 1.165) is 11.3 Å². The number of methoxy groups -OCH3 is 1. The number of amides is 1. The zero-order valence-corrected chi connectivity index (χ0v) is 15.7.